The number of aromatic nitrogens is 3. The van der Waals surface area contributed by atoms with Crippen molar-refractivity contribution < 1.29 is 0 Å². The Morgan fingerprint density at radius 3 is 1.06 bits per heavy atom. The molecule has 2 aliphatic rings. The molecule has 5 heterocycles. The summed E-state index contributed by atoms with van der Waals surface area (Å²) in [7, 11) is -6.46. The summed E-state index contributed by atoms with van der Waals surface area (Å²) in [4.78, 5) is 2.69. The molecule has 0 bridgehead atoms. The molecule has 0 saturated carbocycles. The second-order valence-corrected chi connectivity index (χ2v) is 30.2. The molecular formula is C78H52N4Si2. The maximum atomic E-state index is 2.69. The minimum Gasteiger partial charge on any atom is -0.311 e. The van der Waals surface area contributed by atoms with E-state index < -0.39 is 16.1 Å². The number of rotatable bonds is 7. The van der Waals surface area contributed by atoms with Gasteiger partial charge < -0.3 is 18.6 Å². The quantitative estimate of drug-likeness (QED) is 0.145. The summed E-state index contributed by atoms with van der Waals surface area (Å²) in [5, 5.41) is 18.5. The van der Waals surface area contributed by atoms with E-state index in [1.54, 1.807) is 0 Å². The second kappa shape index (κ2) is 18.0. The molecule has 1 unspecified atom stereocenters. The zero-order chi connectivity index (χ0) is 55.1. The molecule has 4 nitrogen and oxygen atoms in total. The number of benzene rings is 13. The van der Waals surface area contributed by atoms with Gasteiger partial charge >= 0.3 is 0 Å². The molecular weight excluding hydrogens is 1050 g/mol. The first-order valence-electron chi connectivity index (χ1n) is 29.2. The Labute approximate surface area is 488 Å². The summed E-state index contributed by atoms with van der Waals surface area (Å²) in [6.45, 7) is 0. The predicted molar refractivity (Wildman–Crippen MR) is 358 cm³/mol. The van der Waals surface area contributed by atoms with Crippen LogP contribution in [0.3, 0.4) is 0 Å². The number of fused-ring (bicyclic) bond motifs is 13. The Balaban J connectivity index is 0.921. The van der Waals surface area contributed by atoms with Gasteiger partial charge in [0.15, 0.2) is 16.1 Å². The van der Waals surface area contributed by atoms with Crippen molar-refractivity contribution in [2.24, 2.45) is 0 Å². The van der Waals surface area contributed by atoms with Crippen molar-refractivity contribution in [1.29, 1.82) is 0 Å². The number of hydrogen-bond acceptors (Lipinski definition) is 1. The van der Waals surface area contributed by atoms with Gasteiger partial charge in [-0.25, -0.2) is 0 Å². The van der Waals surface area contributed by atoms with Gasteiger partial charge in [0.05, 0.1) is 33.1 Å². The lowest BCUT2D eigenvalue weighted by Gasteiger charge is -2.52. The lowest BCUT2D eigenvalue weighted by atomic mass is 10.1. The molecule has 13 aromatic carbocycles. The maximum absolute atomic E-state index is 3.25. The van der Waals surface area contributed by atoms with Crippen LogP contribution in [0.15, 0.2) is 315 Å². The summed E-state index contributed by atoms with van der Waals surface area (Å²) in [5.74, 6) is 0. The van der Waals surface area contributed by atoms with Gasteiger partial charge in [-0.1, -0.05) is 231 Å². The predicted octanol–water partition coefficient (Wildman–Crippen LogP) is 13.8. The number of para-hydroxylation sites is 7. The van der Waals surface area contributed by atoms with Gasteiger partial charge in [0.25, 0.3) is 0 Å². The number of hydrogen-bond donors (Lipinski definition) is 0. The summed E-state index contributed by atoms with van der Waals surface area (Å²) >= 11 is 0. The van der Waals surface area contributed by atoms with E-state index >= 15 is 0 Å². The van der Waals surface area contributed by atoms with E-state index in [4.69, 9.17) is 0 Å². The highest BCUT2D eigenvalue weighted by Gasteiger charge is 2.56. The van der Waals surface area contributed by atoms with Crippen LogP contribution in [0.5, 0.6) is 0 Å². The standard InChI is InChI=1S/C78H52N4Si2/c1-4-25-56(26-5-1)83(57-27-6-2-7-28-57)75-44-23-45-76-78(75)82(72-42-20-21-43-74(72)84(76,58-29-8-3-9-30-58)59-31-22-24-53(50-59)79-66-37-15-10-32-60(66)61-33-11-16-38-67(61)79)73-49-47-55(52-77(73)83)81-70-41-19-14-36-64(70)65-51-54(46-48-71(65)81)80-68-39-17-12-34-62(68)63-35-13-18-40-69(63)80/h1-52H. The highest BCUT2D eigenvalue weighted by atomic mass is 28.3. The Morgan fingerprint density at radius 2 is 0.548 bits per heavy atom. The summed E-state index contributed by atoms with van der Waals surface area (Å²) < 4.78 is 7.46. The smallest absolute Gasteiger partial charge is 0.184 e. The average Bonchev–Trinajstić information content (AvgIpc) is 1.39. The molecule has 392 valence electrons. The molecule has 0 N–H and O–H groups in total. The zero-order valence-electron chi connectivity index (χ0n) is 45.8. The van der Waals surface area contributed by atoms with Crippen molar-refractivity contribution in [3.8, 4) is 17.1 Å². The van der Waals surface area contributed by atoms with Gasteiger partial charge in [0.2, 0.25) is 0 Å². The van der Waals surface area contributed by atoms with Crippen LogP contribution in [0.1, 0.15) is 0 Å². The third kappa shape index (κ3) is 6.30. The average molecular weight is 1100 g/mol. The normalized spacial score (nSPS) is 15.0. The summed E-state index contributed by atoms with van der Waals surface area (Å²) in [6, 6.07) is 120. The Morgan fingerprint density at radius 1 is 0.202 bits per heavy atom. The number of anilines is 3. The van der Waals surface area contributed by atoms with Gasteiger partial charge in [0.1, 0.15) is 0 Å². The van der Waals surface area contributed by atoms with Crippen LogP contribution in [0.25, 0.3) is 82.5 Å². The molecule has 18 rings (SSSR count). The van der Waals surface area contributed by atoms with Crippen LogP contribution >= 0.6 is 0 Å². The van der Waals surface area contributed by atoms with Crippen LogP contribution in [-0.4, -0.2) is 29.8 Å². The van der Waals surface area contributed by atoms with E-state index in [0.29, 0.717) is 0 Å². The van der Waals surface area contributed by atoms with Crippen LogP contribution < -0.4 is 46.4 Å². The van der Waals surface area contributed by atoms with E-state index in [0.717, 1.165) is 11.4 Å². The molecule has 0 amide bonds. The van der Waals surface area contributed by atoms with Crippen molar-refractivity contribution in [1.82, 2.24) is 13.7 Å². The fraction of sp³-hybridized carbons (Fsp3) is 0. The van der Waals surface area contributed by atoms with Crippen LogP contribution in [0.4, 0.5) is 17.1 Å². The first kappa shape index (κ1) is 47.2. The first-order chi connectivity index (χ1) is 41.7. The van der Waals surface area contributed by atoms with E-state index in [1.165, 1.54) is 130 Å². The van der Waals surface area contributed by atoms with Crippen molar-refractivity contribution >= 4 is 140 Å². The molecule has 6 heteroatoms. The molecule has 0 radical (unpaired) electrons. The molecule has 2 aliphatic heterocycles. The maximum Gasteiger partial charge on any atom is 0.184 e. The highest BCUT2D eigenvalue weighted by Crippen LogP contribution is 2.44. The SMILES string of the molecule is c1ccc([Si]2(c3cccc(-n4c5ccccc5c5ccccc54)c3)c3ccccc3N3c4ccc(-n5c6ccccc6c6cc(-n7c8ccccc8c8ccccc87)ccc65)cc4[Si](c4ccccc4)(c4ccccc4)c4cccc2c43)cc1. The van der Waals surface area contributed by atoms with Gasteiger partial charge in [-0.3, -0.25) is 0 Å². The van der Waals surface area contributed by atoms with Crippen molar-refractivity contribution in [3.05, 3.63) is 315 Å². The molecule has 1 atom stereocenters. The lowest BCUT2D eigenvalue weighted by Crippen LogP contribution is -2.82. The molecule has 84 heavy (non-hydrogen) atoms. The van der Waals surface area contributed by atoms with Crippen LogP contribution in [-0.2, 0) is 0 Å². The molecule has 3 aromatic heterocycles. The lowest BCUT2D eigenvalue weighted by molar-refractivity contribution is 1.16. The van der Waals surface area contributed by atoms with Crippen LogP contribution in [0.2, 0.25) is 0 Å². The Hall–Kier alpha value is -10.5. The Bertz CT molecular complexity index is 5200. The number of nitrogens with zero attached hydrogens (tertiary/aromatic N) is 4. The molecule has 0 fully saturated rings. The summed E-state index contributed by atoms with van der Waals surface area (Å²) in [5.41, 5.74) is 14.4. The van der Waals surface area contributed by atoms with E-state index in [2.05, 4.69) is 334 Å². The minimum absolute atomic E-state index is 1.15. The van der Waals surface area contributed by atoms with E-state index in [-0.39, 0.29) is 0 Å². The molecule has 16 aromatic rings. The largest absolute Gasteiger partial charge is 0.311 e. The van der Waals surface area contributed by atoms with Gasteiger partial charge in [0, 0.05) is 66.4 Å². The van der Waals surface area contributed by atoms with Crippen molar-refractivity contribution in [2.75, 3.05) is 4.90 Å². The zero-order valence-corrected chi connectivity index (χ0v) is 47.8. The third-order valence-electron chi connectivity index (χ3n) is 18.7. The molecule has 0 saturated heterocycles. The van der Waals surface area contributed by atoms with Gasteiger partial charge in [-0.05, 0) is 126 Å². The summed E-state index contributed by atoms with van der Waals surface area (Å²) in [6.07, 6.45) is 0. The van der Waals surface area contributed by atoms with E-state index in [9.17, 15) is 0 Å². The van der Waals surface area contributed by atoms with Crippen molar-refractivity contribution in [2.45, 2.75) is 0 Å². The van der Waals surface area contributed by atoms with Gasteiger partial charge in [-0.2, -0.15) is 0 Å². The molecule has 0 spiro atoms. The van der Waals surface area contributed by atoms with E-state index in [1.807, 2.05) is 0 Å². The third-order valence-corrected chi connectivity index (χ3v) is 28.4. The minimum atomic E-state index is -3.25. The Kier molecular flexibility index (Phi) is 10.1. The van der Waals surface area contributed by atoms with Crippen molar-refractivity contribution in [3.63, 3.8) is 0 Å². The highest BCUT2D eigenvalue weighted by molar-refractivity contribution is 7.24. The van der Waals surface area contributed by atoms with Crippen LogP contribution in [0, 0.1) is 0 Å². The second-order valence-electron chi connectivity index (χ2n) is 22.7. The van der Waals surface area contributed by atoms with Gasteiger partial charge in [-0.15, -0.1) is 0 Å². The monoisotopic (exact) mass is 1100 g/mol. The first-order valence-corrected chi connectivity index (χ1v) is 33.2. The fourth-order valence-corrected chi connectivity index (χ4v) is 25.9. The fourth-order valence-electron chi connectivity index (χ4n) is 15.5. The topological polar surface area (TPSA) is 18.0 Å². The molecule has 0 aliphatic carbocycles.